The second kappa shape index (κ2) is 8.22. The number of esters is 1. The van der Waals surface area contributed by atoms with Crippen LogP contribution >= 0.6 is 0 Å². The largest absolute Gasteiger partial charge is 0.465 e. The van der Waals surface area contributed by atoms with Crippen LogP contribution in [-0.2, 0) is 22.6 Å². The highest BCUT2D eigenvalue weighted by Crippen LogP contribution is 2.09. The number of hydrogen-bond donors (Lipinski definition) is 0. The molecule has 0 unspecified atom stereocenters. The van der Waals surface area contributed by atoms with Gasteiger partial charge in [-0.2, -0.15) is 0 Å². The van der Waals surface area contributed by atoms with Gasteiger partial charge in [0.1, 0.15) is 6.61 Å². The molecule has 0 spiro atoms. The third kappa shape index (κ3) is 5.79. The summed E-state index contributed by atoms with van der Waals surface area (Å²) >= 11 is 0. The molecule has 0 aliphatic carbocycles. The van der Waals surface area contributed by atoms with Crippen molar-refractivity contribution in [3.8, 4) is 0 Å². The molecule has 110 valence electrons. The number of ether oxygens (including phenoxy) is 1. The predicted octanol–water partition coefficient (Wildman–Crippen LogP) is 3.25. The molecule has 0 bridgehead atoms. The zero-order chi connectivity index (χ0) is 14.9. The standard InChI is InChI=1S/C18H21NO2/c1-16(20)21-13-12-19(14-17-8-4-2-5-9-17)15-18-10-6-3-7-11-18/h2-11H,12-15H2,1H3. The zero-order valence-electron chi connectivity index (χ0n) is 12.4. The smallest absolute Gasteiger partial charge is 0.302 e. The summed E-state index contributed by atoms with van der Waals surface area (Å²) in [7, 11) is 0. The average molecular weight is 283 g/mol. The van der Waals surface area contributed by atoms with Gasteiger partial charge in [0.25, 0.3) is 0 Å². The second-order valence-electron chi connectivity index (χ2n) is 5.02. The molecule has 2 aromatic rings. The monoisotopic (exact) mass is 283 g/mol. The summed E-state index contributed by atoms with van der Waals surface area (Å²) in [6.45, 7) is 4.28. The van der Waals surface area contributed by atoms with Crippen LogP contribution in [0.5, 0.6) is 0 Å². The van der Waals surface area contributed by atoms with Crippen molar-refractivity contribution in [3.63, 3.8) is 0 Å². The molecule has 2 aromatic carbocycles. The first kappa shape index (κ1) is 15.3. The Hall–Kier alpha value is -2.13. The van der Waals surface area contributed by atoms with E-state index in [0.29, 0.717) is 6.61 Å². The Morgan fingerprint density at radius 3 is 1.81 bits per heavy atom. The fraction of sp³-hybridized carbons (Fsp3) is 0.278. The first-order valence-electron chi connectivity index (χ1n) is 7.17. The van der Waals surface area contributed by atoms with E-state index in [2.05, 4.69) is 29.2 Å². The van der Waals surface area contributed by atoms with Crippen LogP contribution in [-0.4, -0.2) is 24.0 Å². The molecule has 0 N–H and O–H groups in total. The molecule has 0 aliphatic heterocycles. The summed E-state index contributed by atoms with van der Waals surface area (Å²) in [6.07, 6.45) is 0. The molecule has 3 nitrogen and oxygen atoms in total. The first-order chi connectivity index (χ1) is 10.2. The van der Waals surface area contributed by atoms with Crippen molar-refractivity contribution in [2.75, 3.05) is 13.2 Å². The summed E-state index contributed by atoms with van der Waals surface area (Å²) in [5.41, 5.74) is 2.52. The highest BCUT2D eigenvalue weighted by Gasteiger charge is 2.08. The fourth-order valence-corrected chi connectivity index (χ4v) is 2.22. The molecule has 0 saturated heterocycles. The van der Waals surface area contributed by atoms with E-state index in [-0.39, 0.29) is 5.97 Å². The molecule has 0 aromatic heterocycles. The SMILES string of the molecule is CC(=O)OCCN(Cc1ccccc1)Cc1ccccc1. The molecule has 0 saturated carbocycles. The molecule has 0 amide bonds. The lowest BCUT2D eigenvalue weighted by Crippen LogP contribution is -2.27. The van der Waals surface area contributed by atoms with Crippen molar-refractivity contribution in [1.29, 1.82) is 0 Å². The number of carbonyl (C=O) groups is 1. The van der Waals surface area contributed by atoms with Gasteiger partial charge in [-0.3, -0.25) is 9.69 Å². The summed E-state index contributed by atoms with van der Waals surface area (Å²) in [5.74, 6) is -0.227. The lowest BCUT2D eigenvalue weighted by Gasteiger charge is -2.22. The van der Waals surface area contributed by atoms with Gasteiger partial charge in [-0.1, -0.05) is 60.7 Å². The number of rotatable bonds is 7. The Kier molecular flexibility index (Phi) is 5.98. The number of hydrogen-bond acceptors (Lipinski definition) is 3. The van der Waals surface area contributed by atoms with Crippen molar-refractivity contribution >= 4 is 5.97 Å². The first-order valence-corrected chi connectivity index (χ1v) is 7.17. The van der Waals surface area contributed by atoms with Crippen LogP contribution < -0.4 is 0 Å². The predicted molar refractivity (Wildman–Crippen MR) is 83.6 cm³/mol. The maximum atomic E-state index is 10.9. The molecule has 21 heavy (non-hydrogen) atoms. The molecular weight excluding hydrogens is 262 g/mol. The molecule has 0 heterocycles. The van der Waals surface area contributed by atoms with Crippen LogP contribution in [0, 0.1) is 0 Å². The minimum atomic E-state index is -0.227. The number of carbonyl (C=O) groups excluding carboxylic acids is 1. The van der Waals surface area contributed by atoms with E-state index in [0.717, 1.165) is 19.6 Å². The van der Waals surface area contributed by atoms with Crippen molar-refractivity contribution in [1.82, 2.24) is 4.90 Å². The number of benzene rings is 2. The van der Waals surface area contributed by atoms with E-state index >= 15 is 0 Å². The van der Waals surface area contributed by atoms with E-state index in [1.165, 1.54) is 18.1 Å². The lowest BCUT2D eigenvalue weighted by atomic mass is 10.1. The zero-order valence-corrected chi connectivity index (χ0v) is 12.4. The highest BCUT2D eigenvalue weighted by molar-refractivity contribution is 5.65. The van der Waals surface area contributed by atoms with Gasteiger partial charge in [0.2, 0.25) is 0 Å². The maximum Gasteiger partial charge on any atom is 0.302 e. The van der Waals surface area contributed by atoms with Gasteiger partial charge in [-0.15, -0.1) is 0 Å². The summed E-state index contributed by atoms with van der Waals surface area (Å²) in [4.78, 5) is 13.2. The van der Waals surface area contributed by atoms with Gasteiger partial charge < -0.3 is 4.74 Å². The molecule has 0 fully saturated rings. The maximum absolute atomic E-state index is 10.9. The van der Waals surface area contributed by atoms with Crippen LogP contribution in [0.3, 0.4) is 0 Å². The Labute approximate surface area is 126 Å². The van der Waals surface area contributed by atoms with Crippen LogP contribution in [0.2, 0.25) is 0 Å². The molecule has 0 aliphatic rings. The molecule has 0 radical (unpaired) electrons. The Bertz CT molecular complexity index is 498. The molecule has 2 rings (SSSR count). The Balaban J connectivity index is 1.97. The summed E-state index contributed by atoms with van der Waals surface area (Å²) < 4.78 is 5.07. The third-order valence-corrected chi connectivity index (χ3v) is 3.21. The topological polar surface area (TPSA) is 29.5 Å². The van der Waals surface area contributed by atoms with Gasteiger partial charge in [-0.05, 0) is 11.1 Å². The van der Waals surface area contributed by atoms with Gasteiger partial charge in [-0.25, -0.2) is 0 Å². The van der Waals surface area contributed by atoms with E-state index < -0.39 is 0 Å². The van der Waals surface area contributed by atoms with Crippen molar-refractivity contribution < 1.29 is 9.53 Å². The van der Waals surface area contributed by atoms with Crippen LogP contribution in [0.25, 0.3) is 0 Å². The van der Waals surface area contributed by atoms with E-state index in [1.54, 1.807) is 0 Å². The second-order valence-corrected chi connectivity index (χ2v) is 5.02. The van der Waals surface area contributed by atoms with Crippen molar-refractivity contribution in [2.45, 2.75) is 20.0 Å². The van der Waals surface area contributed by atoms with Gasteiger partial charge in [0, 0.05) is 26.6 Å². The minimum Gasteiger partial charge on any atom is -0.465 e. The fourth-order valence-electron chi connectivity index (χ4n) is 2.22. The quantitative estimate of drug-likeness (QED) is 0.731. The Morgan fingerprint density at radius 1 is 0.905 bits per heavy atom. The van der Waals surface area contributed by atoms with Gasteiger partial charge >= 0.3 is 5.97 Å². The van der Waals surface area contributed by atoms with Crippen LogP contribution in [0.1, 0.15) is 18.1 Å². The normalized spacial score (nSPS) is 10.6. The van der Waals surface area contributed by atoms with E-state index in [4.69, 9.17) is 4.74 Å². The average Bonchev–Trinajstić information content (AvgIpc) is 2.49. The van der Waals surface area contributed by atoms with Gasteiger partial charge in [0.05, 0.1) is 0 Å². The molecule has 3 heteroatoms. The summed E-state index contributed by atoms with van der Waals surface area (Å²) in [5, 5.41) is 0. The van der Waals surface area contributed by atoms with Crippen LogP contribution in [0.15, 0.2) is 60.7 Å². The Morgan fingerprint density at radius 2 is 1.38 bits per heavy atom. The highest BCUT2D eigenvalue weighted by atomic mass is 16.5. The van der Waals surface area contributed by atoms with Crippen LogP contribution in [0.4, 0.5) is 0 Å². The van der Waals surface area contributed by atoms with E-state index in [1.807, 2.05) is 36.4 Å². The third-order valence-electron chi connectivity index (χ3n) is 3.21. The van der Waals surface area contributed by atoms with Gasteiger partial charge in [0.15, 0.2) is 0 Å². The minimum absolute atomic E-state index is 0.227. The molecular formula is C18H21NO2. The van der Waals surface area contributed by atoms with Crippen molar-refractivity contribution in [2.24, 2.45) is 0 Å². The molecule has 0 atom stereocenters. The van der Waals surface area contributed by atoms with Crippen molar-refractivity contribution in [3.05, 3.63) is 71.8 Å². The van der Waals surface area contributed by atoms with E-state index in [9.17, 15) is 4.79 Å². The lowest BCUT2D eigenvalue weighted by molar-refractivity contribution is -0.141. The summed E-state index contributed by atoms with van der Waals surface area (Å²) in [6, 6.07) is 20.7. The number of nitrogens with zero attached hydrogens (tertiary/aromatic N) is 1.